The second kappa shape index (κ2) is 8.67. The first-order valence-electron chi connectivity index (χ1n) is 9.82. The Balaban J connectivity index is 1.55. The van der Waals surface area contributed by atoms with Crippen LogP contribution in [0.4, 0.5) is 0 Å². The number of aliphatic carboxylic acids is 1. The SMILES string of the molecule is O=C(O)CCCN1CCC[C@@]2(CCC(=O)N(CCc3ccccc3)C2)C1. The molecule has 1 atom stereocenters. The minimum absolute atomic E-state index is 0.200. The van der Waals surface area contributed by atoms with E-state index in [1.165, 1.54) is 12.0 Å². The van der Waals surface area contributed by atoms with Crippen LogP contribution >= 0.6 is 0 Å². The number of hydrogen-bond donors (Lipinski definition) is 1. The molecule has 1 aromatic rings. The minimum Gasteiger partial charge on any atom is -0.481 e. The Bertz CT molecular complexity index is 619. The smallest absolute Gasteiger partial charge is 0.303 e. The van der Waals surface area contributed by atoms with Crippen molar-refractivity contribution >= 4 is 11.9 Å². The van der Waals surface area contributed by atoms with Crippen LogP contribution in [-0.4, -0.2) is 59.5 Å². The van der Waals surface area contributed by atoms with Gasteiger partial charge in [0, 0.05) is 37.9 Å². The van der Waals surface area contributed by atoms with E-state index in [9.17, 15) is 9.59 Å². The first kappa shape index (κ1) is 18.9. The van der Waals surface area contributed by atoms with Crippen LogP contribution in [0.1, 0.15) is 44.1 Å². The summed E-state index contributed by atoms with van der Waals surface area (Å²) in [5, 5.41) is 8.84. The van der Waals surface area contributed by atoms with E-state index in [4.69, 9.17) is 5.11 Å². The molecule has 142 valence electrons. The predicted octanol–water partition coefficient (Wildman–Crippen LogP) is 2.80. The van der Waals surface area contributed by atoms with E-state index in [1.807, 2.05) is 18.2 Å². The van der Waals surface area contributed by atoms with Gasteiger partial charge >= 0.3 is 5.97 Å². The van der Waals surface area contributed by atoms with Gasteiger partial charge in [-0.05, 0) is 50.8 Å². The Hall–Kier alpha value is -1.88. The molecule has 2 fully saturated rings. The summed E-state index contributed by atoms with van der Waals surface area (Å²) in [6.45, 7) is 4.56. The van der Waals surface area contributed by atoms with Crippen LogP contribution in [0.3, 0.4) is 0 Å². The lowest BCUT2D eigenvalue weighted by molar-refractivity contribution is -0.140. The standard InChI is InChI=1S/C21H30N2O3/c24-19-9-12-21(11-5-14-22(16-21)13-4-8-20(25)26)17-23(19)15-10-18-6-2-1-3-7-18/h1-3,6-7H,4-5,8-17H2,(H,25,26)/t21-/m1/s1. The monoisotopic (exact) mass is 358 g/mol. The minimum atomic E-state index is -0.716. The highest BCUT2D eigenvalue weighted by Gasteiger charge is 2.41. The summed E-state index contributed by atoms with van der Waals surface area (Å²) in [6, 6.07) is 10.4. The third-order valence-electron chi connectivity index (χ3n) is 5.87. The predicted molar refractivity (Wildman–Crippen MR) is 101 cm³/mol. The molecule has 0 unspecified atom stereocenters. The summed E-state index contributed by atoms with van der Waals surface area (Å²) in [4.78, 5) is 27.6. The van der Waals surface area contributed by atoms with Gasteiger partial charge in [-0.2, -0.15) is 0 Å². The largest absolute Gasteiger partial charge is 0.481 e. The fourth-order valence-corrected chi connectivity index (χ4v) is 4.50. The van der Waals surface area contributed by atoms with Crippen LogP contribution in [0.25, 0.3) is 0 Å². The number of nitrogens with zero attached hydrogens (tertiary/aromatic N) is 2. The molecular weight excluding hydrogens is 328 g/mol. The van der Waals surface area contributed by atoms with E-state index in [0.29, 0.717) is 12.8 Å². The van der Waals surface area contributed by atoms with Gasteiger partial charge in [-0.3, -0.25) is 9.59 Å². The van der Waals surface area contributed by atoms with Crippen LogP contribution in [0, 0.1) is 5.41 Å². The summed E-state index contributed by atoms with van der Waals surface area (Å²) in [6.07, 6.45) is 5.81. The second-order valence-corrected chi connectivity index (χ2v) is 7.93. The molecule has 0 bridgehead atoms. The van der Waals surface area contributed by atoms with E-state index in [1.54, 1.807) is 0 Å². The van der Waals surface area contributed by atoms with Crippen LogP contribution in [-0.2, 0) is 16.0 Å². The molecule has 5 heteroatoms. The summed E-state index contributed by atoms with van der Waals surface area (Å²) in [5.74, 6) is -0.429. The lowest BCUT2D eigenvalue weighted by Crippen LogP contribution is -2.54. The molecule has 1 aromatic carbocycles. The number of carbonyl (C=O) groups excluding carboxylic acids is 1. The number of carbonyl (C=O) groups is 2. The van der Waals surface area contributed by atoms with Crippen molar-refractivity contribution in [1.82, 2.24) is 9.80 Å². The van der Waals surface area contributed by atoms with E-state index < -0.39 is 5.97 Å². The summed E-state index contributed by atoms with van der Waals surface area (Å²) < 4.78 is 0. The number of likely N-dealkylation sites (tertiary alicyclic amines) is 2. The highest BCUT2D eigenvalue weighted by molar-refractivity contribution is 5.77. The molecule has 1 amide bonds. The average Bonchev–Trinajstić information content (AvgIpc) is 2.64. The maximum absolute atomic E-state index is 12.4. The Labute approximate surface area is 156 Å². The molecule has 2 heterocycles. The Morgan fingerprint density at radius 2 is 1.92 bits per heavy atom. The summed E-state index contributed by atoms with van der Waals surface area (Å²) >= 11 is 0. The van der Waals surface area contributed by atoms with Gasteiger partial charge < -0.3 is 14.9 Å². The molecule has 2 saturated heterocycles. The number of benzene rings is 1. The molecule has 0 aromatic heterocycles. The van der Waals surface area contributed by atoms with Crippen LogP contribution in [0.5, 0.6) is 0 Å². The van der Waals surface area contributed by atoms with Crippen molar-refractivity contribution in [2.75, 3.05) is 32.7 Å². The summed E-state index contributed by atoms with van der Waals surface area (Å²) in [5.41, 5.74) is 1.48. The Morgan fingerprint density at radius 3 is 2.69 bits per heavy atom. The first-order chi connectivity index (χ1) is 12.6. The number of hydrogen-bond acceptors (Lipinski definition) is 3. The maximum Gasteiger partial charge on any atom is 0.303 e. The van der Waals surface area contributed by atoms with Crippen molar-refractivity contribution in [3.05, 3.63) is 35.9 Å². The Kier molecular flexibility index (Phi) is 6.30. The van der Waals surface area contributed by atoms with Gasteiger partial charge in [-0.25, -0.2) is 0 Å². The zero-order chi connectivity index (χ0) is 18.4. The quantitative estimate of drug-likeness (QED) is 0.814. The topological polar surface area (TPSA) is 60.9 Å². The molecule has 2 aliphatic rings. The molecule has 0 radical (unpaired) electrons. The number of piperidine rings is 2. The number of carboxylic acids is 1. The van der Waals surface area contributed by atoms with Crippen molar-refractivity contribution in [2.45, 2.75) is 44.9 Å². The number of rotatable bonds is 7. The number of amides is 1. The third-order valence-corrected chi connectivity index (χ3v) is 5.87. The van der Waals surface area contributed by atoms with Crippen LogP contribution in [0.2, 0.25) is 0 Å². The van der Waals surface area contributed by atoms with Crippen LogP contribution in [0.15, 0.2) is 30.3 Å². The lowest BCUT2D eigenvalue weighted by Gasteiger charge is -2.48. The maximum atomic E-state index is 12.4. The molecule has 3 rings (SSSR count). The first-order valence-corrected chi connectivity index (χ1v) is 9.82. The van der Waals surface area contributed by atoms with Gasteiger partial charge in [-0.1, -0.05) is 30.3 Å². The van der Waals surface area contributed by atoms with Gasteiger partial charge in [0.2, 0.25) is 5.91 Å². The van der Waals surface area contributed by atoms with Crippen LogP contribution < -0.4 is 0 Å². The van der Waals surface area contributed by atoms with Crippen molar-refractivity contribution < 1.29 is 14.7 Å². The van der Waals surface area contributed by atoms with Gasteiger partial charge in [0.05, 0.1) is 0 Å². The number of carboxylic acid groups (broad SMARTS) is 1. The van der Waals surface area contributed by atoms with E-state index in [-0.39, 0.29) is 17.7 Å². The molecule has 5 nitrogen and oxygen atoms in total. The van der Waals surface area contributed by atoms with Gasteiger partial charge in [0.1, 0.15) is 0 Å². The fraction of sp³-hybridized carbons (Fsp3) is 0.619. The Morgan fingerprint density at radius 1 is 1.12 bits per heavy atom. The molecule has 0 saturated carbocycles. The summed E-state index contributed by atoms with van der Waals surface area (Å²) in [7, 11) is 0. The average molecular weight is 358 g/mol. The normalized spacial score (nSPS) is 24.2. The van der Waals surface area contributed by atoms with Gasteiger partial charge in [0.25, 0.3) is 0 Å². The third kappa shape index (κ3) is 5.07. The van der Waals surface area contributed by atoms with E-state index >= 15 is 0 Å². The molecule has 0 aliphatic carbocycles. The highest BCUT2D eigenvalue weighted by Crippen LogP contribution is 2.39. The van der Waals surface area contributed by atoms with Crippen molar-refractivity contribution in [3.8, 4) is 0 Å². The lowest BCUT2D eigenvalue weighted by atomic mass is 9.73. The zero-order valence-electron chi connectivity index (χ0n) is 15.5. The second-order valence-electron chi connectivity index (χ2n) is 7.93. The zero-order valence-corrected chi connectivity index (χ0v) is 15.5. The molecular formula is C21H30N2O3. The molecule has 1 spiro atoms. The van der Waals surface area contributed by atoms with E-state index in [0.717, 1.165) is 52.0 Å². The van der Waals surface area contributed by atoms with E-state index in [2.05, 4.69) is 21.9 Å². The van der Waals surface area contributed by atoms with Crippen molar-refractivity contribution in [3.63, 3.8) is 0 Å². The fourth-order valence-electron chi connectivity index (χ4n) is 4.50. The van der Waals surface area contributed by atoms with Crippen molar-refractivity contribution in [1.29, 1.82) is 0 Å². The van der Waals surface area contributed by atoms with Gasteiger partial charge in [0.15, 0.2) is 0 Å². The van der Waals surface area contributed by atoms with Gasteiger partial charge in [-0.15, -0.1) is 0 Å². The molecule has 2 aliphatic heterocycles. The molecule has 26 heavy (non-hydrogen) atoms. The molecule has 1 N–H and O–H groups in total. The van der Waals surface area contributed by atoms with Crippen molar-refractivity contribution in [2.24, 2.45) is 5.41 Å². The highest BCUT2D eigenvalue weighted by atomic mass is 16.4.